The maximum atomic E-state index is 3.97. The highest BCUT2D eigenvalue weighted by Crippen LogP contribution is 2.25. The third-order valence-electron chi connectivity index (χ3n) is 2.94. The monoisotopic (exact) mass is 216 g/mol. The maximum absolute atomic E-state index is 3.97. The summed E-state index contributed by atoms with van der Waals surface area (Å²) in [6.45, 7) is 7.02. The largest absolute Gasteiger partial charge is 0.388 e. The molecule has 0 saturated heterocycles. The van der Waals surface area contributed by atoms with Crippen LogP contribution in [0.5, 0.6) is 0 Å². The summed E-state index contributed by atoms with van der Waals surface area (Å²) >= 11 is 0. The van der Waals surface area contributed by atoms with Crippen molar-refractivity contribution < 1.29 is 4.57 Å². The van der Waals surface area contributed by atoms with Crippen LogP contribution in [0.2, 0.25) is 0 Å². The highest BCUT2D eigenvalue weighted by atomic mass is 15.1. The summed E-state index contributed by atoms with van der Waals surface area (Å²) in [7, 11) is 0. The topological polar surface area (TPSA) is 31.7 Å². The van der Waals surface area contributed by atoms with Gasteiger partial charge in [-0.3, -0.25) is 4.98 Å². The molecule has 0 aliphatic heterocycles. The normalized spacial score (nSPS) is 23.9. The van der Waals surface area contributed by atoms with Gasteiger partial charge in [0.25, 0.3) is 0 Å². The molecule has 1 aromatic heterocycles. The van der Waals surface area contributed by atoms with Crippen LogP contribution in [0, 0.1) is 0 Å². The lowest BCUT2D eigenvalue weighted by Crippen LogP contribution is -2.53. The second kappa shape index (κ2) is 4.39. The fourth-order valence-corrected chi connectivity index (χ4v) is 2.07. The van der Waals surface area contributed by atoms with E-state index in [4.69, 9.17) is 0 Å². The average Bonchev–Trinajstić information content (AvgIpc) is 2.84. The Hall–Kier alpha value is -1.77. The van der Waals surface area contributed by atoms with Gasteiger partial charge >= 0.3 is 0 Å². The lowest BCUT2D eigenvalue weighted by atomic mass is 9.89. The molecule has 3 nitrogen and oxygen atoms in total. The second-order valence-corrected chi connectivity index (χ2v) is 3.97. The SMILES string of the molecule is C=CC1([n+]2cc[nH]c2)C=CC=C(NCC)C1. The number of hydrogen-bond donors (Lipinski definition) is 2. The van der Waals surface area contributed by atoms with Crippen molar-refractivity contribution in [3.8, 4) is 0 Å². The van der Waals surface area contributed by atoms with Crippen LogP contribution in [0.1, 0.15) is 13.3 Å². The highest BCUT2D eigenvalue weighted by molar-refractivity contribution is 5.25. The third kappa shape index (κ3) is 1.81. The van der Waals surface area contributed by atoms with E-state index in [1.165, 1.54) is 5.70 Å². The minimum atomic E-state index is -0.147. The number of aromatic amines is 1. The molecule has 0 bridgehead atoms. The van der Waals surface area contributed by atoms with E-state index in [-0.39, 0.29) is 5.54 Å². The van der Waals surface area contributed by atoms with Gasteiger partial charge in [-0.25, -0.2) is 4.57 Å². The van der Waals surface area contributed by atoms with E-state index in [1.54, 1.807) is 0 Å². The van der Waals surface area contributed by atoms with Gasteiger partial charge in [-0.2, -0.15) is 0 Å². The number of nitrogens with zero attached hydrogens (tertiary/aromatic N) is 1. The maximum Gasteiger partial charge on any atom is 0.242 e. The smallest absolute Gasteiger partial charge is 0.242 e. The van der Waals surface area contributed by atoms with E-state index in [0.29, 0.717) is 0 Å². The summed E-state index contributed by atoms with van der Waals surface area (Å²) in [5, 5.41) is 3.37. The molecule has 0 aromatic carbocycles. The lowest BCUT2D eigenvalue weighted by molar-refractivity contribution is -0.739. The van der Waals surface area contributed by atoms with Crippen molar-refractivity contribution in [2.24, 2.45) is 0 Å². The van der Waals surface area contributed by atoms with Crippen molar-refractivity contribution in [1.29, 1.82) is 0 Å². The molecule has 3 heteroatoms. The number of hydrogen-bond acceptors (Lipinski definition) is 1. The van der Waals surface area contributed by atoms with Crippen LogP contribution in [-0.4, -0.2) is 11.5 Å². The first kappa shape index (κ1) is 10.7. The van der Waals surface area contributed by atoms with E-state index in [2.05, 4.69) is 46.6 Å². The van der Waals surface area contributed by atoms with Gasteiger partial charge in [0.1, 0.15) is 12.4 Å². The van der Waals surface area contributed by atoms with Crippen molar-refractivity contribution in [3.63, 3.8) is 0 Å². The van der Waals surface area contributed by atoms with Crippen LogP contribution in [0.4, 0.5) is 0 Å². The molecule has 1 aromatic rings. The first-order valence-electron chi connectivity index (χ1n) is 5.61. The Morgan fingerprint density at radius 2 is 2.56 bits per heavy atom. The van der Waals surface area contributed by atoms with Crippen molar-refractivity contribution >= 4 is 0 Å². The first-order chi connectivity index (χ1) is 7.80. The van der Waals surface area contributed by atoms with E-state index >= 15 is 0 Å². The van der Waals surface area contributed by atoms with Gasteiger partial charge in [0.05, 0.1) is 0 Å². The van der Waals surface area contributed by atoms with Gasteiger partial charge in [-0.1, -0.05) is 12.7 Å². The number of nitrogens with one attached hydrogen (secondary N) is 2. The van der Waals surface area contributed by atoms with Gasteiger partial charge in [-0.15, -0.1) is 0 Å². The van der Waals surface area contributed by atoms with E-state index in [0.717, 1.165) is 13.0 Å². The molecule has 1 heterocycles. The zero-order valence-corrected chi connectivity index (χ0v) is 9.61. The van der Waals surface area contributed by atoms with E-state index in [1.807, 2.05) is 24.8 Å². The molecule has 1 aliphatic carbocycles. The number of aromatic nitrogens is 2. The minimum absolute atomic E-state index is 0.147. The van der Waals surface area contributed by atoms with Crippen LogP contribution in [0.15, 0.2) is 55.3 Å². The Morgan fingerprint density at radius 1 is 1.69 bits per heavy atom. The molecule has 1 atom stereocenters. The summed E-state index contributed by atoms with van der Waals surface area (Å²) in [6, 6.07) is 0. The Morgan fingerprint density at radius 3 is 3.19 bits per heavy atom. The average molecular weight is 216 g/mol. The van der Waals surface area contributed by atoms with Crippen LogP contribution >= 0.6 is 0 Å². The zero-order valence-electron chi connectivity index (χ0n) is 9.61. The van der Waals surface area contributed by atoms with E-state index < -0.39 is 0 Å². The van der Waals surface area contributed by atoms with Gasteiger partial charge in [0.15, 0.2) is 5.54 Å². The summed E-state index contributed by atoms with van der Waals surface area (Å²) < 4.78 is 2.14. The first-order valence-corrected chi connectivity index (χ1v) is 5.61. The van der Waals surface area contributed by atoms with Crippen LogP contribution in [0.25, 0.3) is 0 Å². The number of H-pyrrole nitrogens is 1. The molecule has 0 radical (unpaired) electrons. The van der Waals surface area contributed by atoms with Gasteiger partial charge in [0, 0.05) is 18.7 Å². The van der Waals surface area contributed by atoms with Gasteiger partial charge in [-0.05, 0) is 25.2 Å². The van der Waals surface area contributed by atoms with Crippen LogP contribution < -0.4 is 9.88 Å². The minimum Gasteiger partial charge on any atom is -0.388 e. The molecule has 2 N–H and O–H groups in total. The molecule has 16 heavy (non-hydrogen) atoms. The molecule has 0 fully saturated rings. The van der Waals surface area contributed by atoms with Crippen molar-refractivity contribution in [1.82, 2.24) is 10.3 Å². The molecule has 2 rings (SSSR count). The Balaban J connectivity index is 2.29. The Labute approximate surface area is 96.2 Å². The number of imidazole rings is 1. The number of rotatable bonds is 4. The van der Waals surface area contributed by atoms with Gasteiger partial charge < -0.3 is 5.32 Å². The van der Waals surface area contributed by atoms with Crippen molar-refractivity contribution in [2.75, 3.05) is 6.54 Å². The van der Waals surface area contributed by atoms with E-state index in [9.17, 15) is 0 Å². The summed E-state index contributed by atoms with van der Waals surface area (Å²) in [5.41, 5.74) is 1.10. The molecule has 0 saturated carbocycles. The second-order valence-electron chi connectivity index (χ2n) is 3.97. The molecular weight excluding hydrogens is 198 g/mol. The molecule has 1 unspecified atom stereocenters. The fraction of sp³-hybridized carbons (Fsp3) is 0.308. The predicted molar refractivity (Wildman–Crippen MR) is 64.7 cm³/mol. The number of allylic oxidation sites excluding steroid dienone is 5. The van der Waals surface area contributed by atoms with Crippen LogP contribution in [0.3, 0.4) is 0 Å². The van der Waals surface area contributed by atoms with Crippen LogP contribution in [-0.2, 0) is 5.54 Å². The standard InChI is InChI=1S/C13H17N3/c1-3-13(16-9-8-14-11-16)7-5-6-12(10-13)15-4-2/h3,5-9,11,15H,1,4,10H2,2H3/p+1. The fourth-order valence-electron chi connectivity index (χ4n) is 2.07. The van der Waals surface area contributed by atoms with Crippen molar-refractivity contribution in [3.05, 3.63) is 55.3 Å². The zero-order chi connectivity index (χ0) is 11.4. The molecule has 0 amide bonds. The summed E-state index contributed by atoms with van der Waals surface area (Å²) in [5.74, 6) is 0. The lowest BCUT2D eigenvalue weighted by Gasteiger charge is -2.27. The molecule has 0 spiro atoms. The predicted octanol–water partition coefficient (Wildman–Crippen LogP) is 1.64. The molecular formula is C13H18N3+. The Kier molecular flexibility index (Phi) is 2.95. The highest BCUT2D eigenvalue weighted by Gasteiger charge is 2.32. The summed E-state index contributed by atoms with van der Waals surface area (Å²) in [6.07, 6.45) is 15.2. The van der Waals surface area contributed by atoms with Gasteiger partial charge in [0.2, 0.25) is 6.33 Å². The summed E-state index contributed by atoms with van der Waals surface area (Å²) in [4.78, 5) is 3.07. The van der Waals surface area contributed by atoms with Crippen molar-refractivity contribution in [2.45, 2.75) is 18.9 Å². The quantitative estimate of drug-likeness (QED) is 0.582. The molecule has 84 valence electrons. The third-order valence-corrected chi connectivity index (χ3v) is 2.94. The Bertz CT molecular complexity index is 414. The molecule has 1 aliphatic rings.